The molecule has 0 aliphatic heterocycles. The van der Waals surface area contributed by atoms with Crippen LogP contribution in [-0.2, 0) is 0 Å². The van der Waals surface area contributed by atoms with E-state index in [1.807, 2.05) is 63.3 Å². The van der Waals surface area contributed by atoms with Crippen molar-refractivity contribution in [2.45, 2.75) is 20.8 Å². The molecule has 96 valence electrons. The predicted molar refractivity (Wildman–Crippen MR) is 81.9 cm³/mol. The largest absolute Gasteiger partial charge is 0.233 e. The maximum absolute atomic E-state index is 4.64. The van der Waals surface area contributed by atoms with Gasteiger partial charge in [0.2, 0.25) is 0 Å². The summed E-state index contributed by atoms with van der Waals surface area (Å²) in [6.45, 7) is 9.89. The van der Waals surface area contributed by atoms with Crippen molar-refractivity contribution in [1.29, 1.82) is 0 Å². The maximum Gasteiger partial charge on any atom is 0.160 e. The molecule has 2 aromatic rings. The van der Waals surface area contributed by atoms with Gasteiger partial charge < -0.3 is 0 Å². The Kier molecular flexibility index (Phi) is 3.91. The van der Waals surface area contributed by atoms with Crippen molar-refractivity contribution in [2.75, 3.05) is 0 Å². The molecule has 0 aliphatic rings. The Morgan fingerprint density at radius 3 is 2.63 bits per heavy atom. The topological polar surface area (TPSA) is 25.8 Å². The van der Waals surface area contributed by atoms with E-state index in [4.69, 9.17) is 0 Å². The highest BCUT2D eigenvalue weighted by Gasteiger charge is 2.06. The third kappa shape index (κ3) is 2.97. The van der Waals surface area contributed by atoms with Gasteiger partial charge in [-0.2, -0.15) is 0 Å². The van der Waals surface area contributed by atoms with Crippen LogP contribution in [0.5, 0.6) is 0 Å². The van der Waals surface area contributed by atoms with Gasteiger partial charge in [-0.25, -0.2) is 9.97 Å². The molecule has 0 amide bonds. The molecule has 0 fully saturated rings. The SMILES string of the molecule is C=C(C)/C=C(\C=C/C)c1nc(C)c2ccccc2n1. The summed E-state index contributed by atoms with van der Waals surface area (Å²) in [7, 11) is 0. The van der Waals surface area contributed by atoms with Crippen LogP contribution in [0.25, 0.3) is 16.5 Å². The lowest BCUT2D eigenvalue weighted by Crippen LogP contribution is -1.97. The van der Waals surface area contributed by atoms with Crippen LogP contribution in [0.2, 0.25) is 0 Å². The van der Waals surface area contributed by atoms with Gasteiger partial charge in [0.05, 0.1) is 5.52 Å². The van der Waals surface area contributed by atoms with E-state index in [1.54, 1.807) is 0 Å². The number of fused-ring (bicyclic) bond motifs is 1. The predicted octanol–water partition coefficient (Wildman–Crippen LogP) is 4.47. The van der Waals surface area contributed by atoms with Gasteiger partial charge in [0.15, 0.2) is 5.82 Å². The van der Waals surface area contributed by atoms with Crippen LogP contribution in [-0.4, -0.2) is 9.97 Å². The van der Waals surface area contributed by atoms with Gasteiger partial charge in [0.25, 0.3) is 0 Å². The van der Waals surface area contributed by atoms with E-state index < -0.39 is 0 Å². The van der Waals surface area contributed by atoms with Crippen molar-refractivity contribution in [3.8, 4) is 0 Å². The second kappa shape index (κ2) is 5.61. The Morgan fingerprint density at radius 2 is 1.95 bits per heavy atom. The Hall–Kier alpha value is -2.22. The van der Waals surface area contributed by atoms with Crippen LogP contribution in [0.3, 0.4) is 0 Å². The van der Waals surface area contributed by atoms with Crippen molar-refractivity contribution in [2.24, 2.45) is 0 Å². The number of allylic oxidation sites excluding steroid dienone is 5. The van der Waals surface area contributed by atoms with E-state index in [-0.39, 0.29) is 0 Å². The zero-order valence-corrected chi connectivity index (χ0v) is 11.6. The summed E-state index contributed by atoms with van der Waals surface area (Å²) in [6.07, 6.45) is 6.00. The lowest BCUT2D eigenvalue weighted by molar-refractivity contribution is 1.11. The van der Waals surface area contributed by atoms with Gasteiger partial charge in [-0.15, -0.1) is 0 Å². The van der Waals surface area contributed by atoms with Crippen molar-refractivity contribution in [3.05, 3.63) is 66.2 Å². The number of benzene rings is 1. The number of para-hydroxylation sites is 1. The van der Waals surface area contributed by atoms with Crippen LogP contribution in [0.15, 0.2) is 54.6 Å². The summed E-state index contributed by atoms with van der Waals surface area (Å²) < 4.78 is 0. The van der Waals surface area contributed by atoms with Crippen LogP contribution in [0.4, 0.5) is 0 Å². The summed E-state index contributed by atoms with van der Waals surface area (Å²) in [6, 6.07) is 8.07. The summed E-state index contributed by atoms with van der Waals surface area (Å²) in [5, 5.41) is 1.10. The van der Waals surface area contributed by atoms with Gasteiger partial charge in [0, 0.05) is 16.7 Å². The first-order chi connectivity index (χ1) is 9.11. The minimum absolute atomic E-state index is 0.748. The van der Waals surface area contributed by atoms with Crippen LogP contribution in [0.1, 0.15) is 25.4 Å². The third-order valence-corrected chi connectivity index (χ3v) is 2.80. The molecule has 0 N–H and O–H groups in total. The quantitative estimate of drug-likeness (QED) is 0.751. The second-order valence-corrected chi connectivity index (χ2v) is 4.60. The van der Waals surface area contributed by atoms with E-state index in [1.165, 1.54) is 0 Å². The summed E-state index contributed by atoms with van der Waals surface area (Å²) in [4.78, 5) is 9.24. The number of rotatable bonds is 3. The Morgan fingerprint density at radius 1 is 1.21 bits per heavy atom. The monoisotopic (exact) mass is 250 g/mol. The van der Waals surface area contributed by atoms with E-state index in [9.17, 15) is 0 Å². The summed E-state index contributed by atoms with van der Waals surface area (Å²) >= 11 is 0. The third-order valence-electron chi connectivity index (χ3n) is 2.80. The van der Waals surface area contributed by atoms with Gasteiger partial charge >= 0.3 is 0 Å². The first-order valence-electron chi connectivity index (χ1n) is 6.35. The molecular formula is C17H18N2. The first kappa shape index (κ1) is 13.2. The minimum atomic E-state index is 0.748. The highest BCUT2D eigenvalue weighted by Crippen LogP contribution is 2.20. The molecule has 2 nitrogen and oxygen atoms in total. The number of hydrogen-bond acceptors (Lipinski definition) is 2. The molecule has 1 aromatic carbocycles. The molecule has 1 heterocycles. The Labute approximate surface area is 114 Å². The number of aryl methyl sites for hydroxylation is 1. The van der Waals surface area contributed by atoms with E-state index in [2.05, 4.69) is 16.5 Å². The highest BCUT2D eigenvalue weighted by molar-refractivity contribution is 5.83. The fraction of sp³-hybridized carbons (Fsp3) is 0.176. The van der Waals surface area contributed by atoms with Gasteiger partial charge in [-0.3, -0.25) is 0 Å². The lowest BCUT2D eigenvalue weighted by Gasteiger charge is -2.06. The number of hydrogen-bond donors (Lipinski definition) is 0. The standard InChI is InChI=1S/C17H18N2/c1-5-8-14(11-12(2)3)17-18-13(4)15-9-6-7-10-16(15)19-17/h5-11H,2H2,1,3-4H3/b8-5-,14-11+. The molecule has 0 radical (unpaired) electrons. The molecule has 2 rings (SSSR count). The second-order valence-electron chi connectivity index (χ2n) is 4.60. The molecule has 1 aromatic heterocycles. The van der Waals surface area contributed by atoms with Crippen molar-refractivity contribution in [1.82, 2.24) is 9.97 Å². The van der Waals surface area contributed by atoms with E-state index in [0.717, 1.165) is 33.6 Å². The zero-order valence-electron chi connectivity index (χ0n) is 11.6. The minimum Gasteiger partial charge on any atom is -0.233 e. The van der Waals surface area contributed by atoms with Gasteiger partial charge in [0.1, 0.15) is 0 Å². The molecule has 0 atom stereocenters. The van der Waals surface area contributed by atoms with Crippen LogP contribution < -0.4 is 0 Å². The van der Waals surface area contributed by atoms with Gasteiger partial charge in [-0.05, 0) is 32.9 Å². The molecule has 19 heavy (non-hydrogen) atoms. The molecule has 0 spiro atoms. The van der Waals surface area contributed by atoms with Crippen molar-refractivity contribution in [3.63, 3.8) is 0 Å². The lowest BCUT2D eigenvalue weighted by atomic mass is 10.1. The average molecular weight is 250 g/mol. The summed E-state index contributed by atoms with van der Waals surface area (Å²) in [5.41, 5.74) is 3.95. The molecular weight excluding hydrogens is 232 g/mol. The fourth-order valence-electron chi connectivity index (χ4n) is 2.00. The van der Waals surface area contributed by atoms with Crippen molar-refractivity contribution < 1.29 is 0 Å². The molecule has 0 aliphatic carbocycles. The molecule has 0 saturated carbocycles. The Bertz CT molecular complexity index is 679. The maximum atomic E-state index is 4.64. The number of aromatic nitrogens is 2. The molecule has 0 saturated heterocycles. The normalized spacial score (nSPS) is 12.3. The molecule has 0 unspecified atom stereocenters. The average Bonchev–Trinajstić information content (AvgIpc) is 2.38. The molecule has 2 heteroatoms. The smallest absolute Gasteiger partial charge is 0.160 e. The number of nitrogens with zero attached hydrogens (tertiary/aromatic N) is 2. The Balaban J connectivity index is 2.64. The fourth-order valence-corrected chi connectivity index (χ4v) is 2.00. The molecule has 0 bridgehead atoms. The first-order valence-corrected chi connectivity index (χ1v) is 6.35. The van der Waals surface area contributed by atoms with Crippen LogP contribution >= 0.6 is 0 Å². The zero-order chi connectivity index (χ0) is 13.8. The van der Waals surface area contributed by atoms with E-state index in [0.29, 0.717) is 0 Å². The van der Waals surface area contributed by atoms with Crippen molar-refractivity contribution >= 4 is 16.5 Å². The highest BCUT2D eigenvalue weighted by atomic mass is 14.9. The summed E-state index contributed by atoms with van der Waals surface area (Å²) in [5.74, 6) is 0.748. The van der Waals surface area contributed by atoms with Crippen LogP contribution in [0, 0.1) is 6.92 Å². The van der Waals surface area contributed by atoms with Gasteiger partial charge in [-0.1, -0.05) is 42.5 Å². The van der Waals surface area contributed by atoms with E-state index >= 15 is 0 Å².